The Morgan fingerprint density at radius 1 is 1.16 bits per heavy atom. The number of aromatic nitrogens is 1. The Hall–Kier alpha value is -3.45. The maximum Gasteiger partial charge on any atom is 0.295 e. The molecule has 1 unspecified atom stereocenters. The van der Waals surface area contributed by atoms with E-state index in [4.69, 9.17) is 4.74 Å². The third-order valence-corrected chi connectivity index (χ3v) is 5.58. The number of likely N-dealkylation sites (tertiary alicyclic amines) is 1. The molecular weight excluding hydrogens is 411 g/mol. The zero-order valence-corrected chi connectivity index (χ0v) is 18.0. The minimum atomic E-state index is -1.02. The van der Waals surface area contributed by atoms with Crippen molar-refractivity contribution in [3.63, 3.8) is 0 Å². The first-order valence-electron chi connectivity index (χ1n) is 10.6. The minimum Gasteiger partial charge on any atom is -0.507 e. The molecule has 0 bridgehead atoms. The fourth-order valence-corrected chi connectivity index (χ4v) is 4.10. The summed E-state index contributed by atoms with van der Waals surface area (Å²) in [7, 11) is 0. The Morgan fingerprint density at radius 2 is 1.88 bits per heavy atom. The molecule has 1 aliphatic heterocycles. The number of benzene rings is 2. The average molecular weight is 436 g/mol. The second-order valence-electron chi connectivity index (χ2n) is 8.04. The molecule has 7 heteroatoms. The van der Waals surface area contributed by atoms with E-state index in [0.29, 0.717) is 24.0 Å². The van der Waals surface area contributed by atoms with Crippen LogP contribution in [0, 0.1) is 5.82 Å². The molecule has 0 radical (unpaired) electrons. The number of aliphatic hydroxyl groups is 1. The van der Waals surface area contributed by atoms with Gasteiger partial charge in [-0.25, -0.2) is 4.39 Å². The van der Waals surface area contributed by atoms with Crippen LogP contribution in [0.25, 0.3) is 16.7 Å². The number of carbonyl (C=O) groups excluding carboxylic acids is 2. The lowest BCUT2D eigenvalue weighted by atomic mass is 9.94. The second kappa shape index (κ2) is 8.96. The van der Waals surface area contributed by atoms with Gasteiger partial charge in [0.1, 0.15) is 11.6 Å². The number of hydrogen-bond acceptors (Lipinski definition) is 4. The molecule has 0 spiro atoms. The lowest BCUT2D eigenvalue weighted by Gasteiger charge is -2.25. The van der Waals surface area contributed by atoms with Gasteiger partial charge in [-0.2, -0.15) is 0 Å². The Bertz CT molecular complexity index is 1200. The van der Waals surface area contributed by atoms with Crippen molar-refractivity contribution in [2.24, 2.45) is 0 Å². The van der Waals surface area contributed by atoms with Crippen molar-refractivity contribution in [2.45, 2.75) is 32.4 Å². The predicted molar refractivity (Wildman–Crippen MR) is 119 cm³/mol. The van der Waals surface area contributed by atoms with Crippen molar-refractivity contribution in [1.29, 1.82) is 0 Å². The summed E-state index contributed by atoms with van der Waals surface area (Å²) in [6.45, 7) is 4.41. The lowest BCUT2D eigenvalue weighted by Crippen LogP contribution is -2.31. The largest absolute Gasteiger partial charge is 0.507 e. The molecule has 1 fully saturated rings. The number of Topliss-reactive ketones (excluding diaryl/α,β-unsaturated/α-hetero) is 1. The van der Waals surface area contributed by atoms with Crippen LogP contribution in [-0.2, 0) is 14.3 Å². The second-order valence-corrected chi connectivity index (χ2v) is 8.04. The van der Waals surface area contributed by atoms with E-state index in [2.05, 4.69) is 4.98 Å². The van der Waals surface area contributed by atoms with Gasteiger partial charge in [-0.15, -0.1) is 0 Å². The number of rotatable bonds is 7. The molecule has 2 aromatic carbocycles. The summed E-state index contributed by atoms with van der Waals surface area (Å²) in [5, 5.41) is 11.9. The Kier molecular flexibility index (Phi) is 6.10. The number of para-hydroxylation sites is 1. The highest BCUT2D eigenvalue weighted by Crippen LogP contribution is 2.41. The number of carbonyl (C=O) groups is 2. The van der Waals surface area contributed by atoms with Gasteiger partial charge < -0.3 is 19.7 Å². The van der Waals surface area contributed by atoms with E-state index >= 15 is 0 Å². The molecule has 1 atom stereocenters. The third-order valence-electron chi connectivity index (χ3n) is 5.58. The van der Waals surface area contributed by atoms with Crippen LogP contribution in [0.3, 0.4) is 0 Å². The number of amides is 1. The van der Waals surface area contributed by atoms with Gasteiger partial charge in [-0.05, 0) is 32.4 Å². The molecule has 2 heterocycles. The number of nitrogens with zero attached hydrogens (tertiary/aromatic N) is 1. The number of H-pyrrole nitrogens is 1. The molecule has 166 valence electrons. The van der Waals surface area contributed by atoms with Crippen LogP contribution in [-0.4, -0.2) is 45.9 Å². The van der Waals surface area contributed by atoms with Gasteiger partial charge in [0.25, 0.3) is 11.7 Å². The van der Waals surface area contributed by atoms with Crippen LogP contribution in [0.2, 0.25) is 0 Å². The van der Waals surface area contributed by atoms with Crippen molar-refractivity contribution < 1.29 is 23.8 Å². The molecule has 3 aromatic rings. The maximum atomic E-state index is 14.8. The summed E-state index contributed by atoms with van der Waals surface area (Å²) in [6.07, 6.45) is 2.10. The first-order valence-corrected chi connectivity index (χ1v) is 10.6. The topological polar surface area (TPSA) is 82.6 Å². The Morgan fingerprint density at radius 3 is 2.62 bits per heavy atom. The molecule has 1 saturated heterocycles. The van der Waals surface area contributed by atoms with Crippen LogP contribution in [0.15, 0.2) is 60.3 Å². The van der Waals surface area contributed by atoms with Crippen molar-refractivity contribution in [1.82, 2.24) is 9.88 Å². The normalized spacial score (nSPS) is 18.2. The number of aromatic amines is 1. The smallest absolute Gasteiger partial charge is 0.295 e. The van der Waals surface area contributed by atoms with Crippen LogP contribution in [0.1, 0.15) is 37.4 Å². The van der Waals surface area contributed by atoms with Crippen molar-refractivity contribution in [3.8, 4) is 0 Å². The highest BCUT2D eigenvalue weighted by atomic mass is 19.1. The molecule has 6 nitrogen and oxygen atoms in total. The van der Waals surface area contributed by atoms with E-state index in [1.165, 1.54) is 17.0 Å². The lowest BCUT2D eigenvalue weighted by molar-refractivity contribution is -0.140. The monoisotopic (exact) mass is 436 g/mol. The van der Waals surface area contributed by atoms with Gasteiger partial charge in [-0.3, -0.25) is 9.59 Å². The van der Waals surface area contributed by atoms with Crippen molar-refractivity contribution >= 4 is 28.4 Å². The van der Waals surface area contributed by atoms with Crippen molar-refractivity contribution in [2.75, 3.05) is 13.2 Å². The summed E-state index contributed by atoms with van der Waals surface area (Å²) >= 11 is 0. The zero-order valence-electron chi connectivity index (χ0n) is 18.0. The predicted octanol–water partition coefficient (Wildman–Crippen LogP) is 4.54. The van der Waals surface area contributed by atoms with Gasteiger partial charge in [-0.1, -0.05) is 36.4 Å². The number of fused-ring (bicyclic) bond motifs is 1. The van der Waals surface area contributed by atoms with E-state index in [-0.39, 0.29) is 29.5 Å². The minimum absolute atomic E-state index is 0.0367. The highest BCUT2D eigenvalue weighted by molar-refractivity contribution is 6.46. The van der Waals surface area contributed by atoms with Crippen LogP contribution < -0.4 is 0 Å². The molecule has 0 saturated carbocycles. The van der Waals surface area contributed by atoms with Crippen molar-refractivity contribution in [3.05, 3.63) is 77.2 Å². The molecular formula is C25H25FN2O4. The summed E-state index contributed by atoms with van der Waals surface area (Å²) in [5.41, 5.74) is 1.21. The molecule has 1 amide bonds. The van der Waals surface area contributed by atoms with Crippen LogP contribution in [0.4, 0.5) is 4.39 Å². The quantitative estimate of drug-likeness (QED) is 0.247. The SMILES string of the molecule is CC(C)OCCCN1C(=O)C(=O)/C(=C(/O)c2c[nH]c3ccccc23)C1c1ccccc1F. The number of ether oxygens (including phenoxy) is 1. The number of ketones is 1. The van der Waals surface area contributed by atoms with Crippen LogP contribution >= 0.6 is 0 Å². The standard InChI is InChI=1S/C25H25FN2O4/c1-15(2)32-13-7-12-28-22(17-9-3-5-10-19(17)26)21(24(30)25(28)31)23(29)18-14-27-20-11-6-4-8-16(18)20/h3-6,8-11,14-15,22,27,29H,7,12-13H2,1-2H3/b23-21+. The fourth-order valence-electron chi connectivity index (χ4n) is 4.10. The van der Waals surface area contributed by atoms with E-state index in [9.17, 15) is 19.1 Å². The Labute approximate surface area is 185 Å². The first-order chi connectivity index (χ1) is 15.4. The third kappa shape index (κ3) is 3.91. The molecule has 1 aliphatic rings. The molecule has 2 N–H and O–H groups in total. The van der Waals surface area contributed by atoms with E-state index in [0.717, 1.165) is 5.52 Å². The molecule has 32 heavy (non-hydrogen) atoms. The Balaban J connectivity index is 1.81. The number of aliphatic hydroxyl groups excluding tert-OH is 1. The van der Waals surface area contributed by atoms with Gasteiger partial charge in [0, 0.05) is 41.4 Å². The first kappa shape index (κ1) is 21.8. The number of nitrogens with one attached hydrogen (secondary N) is 1. The van der Waals surface area contributed by atoms with Crippen LogP contribution in [0.5, 0.6) is 0 Å². The fraction of sp³-hybridized carbons (Fsp3) is 0.280. The van der Waals surface area contributed by atoms with Gasteiger partial charge in [0.15, 0.2) is 0 Å². The summed E-state index contributed by atoms with van der Waals surface area (Å²) in [6, 6.07) is 12.3. The summed E-state index contributed by atoms with van der Waals surface area (Å²) in [5.74, 6) is -2.46. The van der Waals surface area contributed by atoms with E-state index in [1.807, 2.05) is 32.0 Å². The molecule has 0 aliphatic carbocycles. The zero-order chi connectivity index (χ0) is 22.8. The van der Waals surface area contributed by atoms with E-state index in [1.54, 1.807) is 24.4 Å². The number of hydrogen-bond donors (Lipinski definition) is 2. The van der Waals surface area contributed by atoms with Gasteiger partial charge in [0.2, 0.25) is 0 Å². The average Bonchev–Trinajstić information content (AvgIpc) is 3.31. The number of halogens is 1. The highest BCUT2D eigenvalue weighted by Gasteiger charge is 2.46. The van der Waals surface area contributed by atoms with Gasteiger partial charge in [0.05, 0.1) is 17.7 Å². The summed E-state index contributed by atoms with van der Waals surface area (Å²) in [4.78, 5) is 30.4. The van der Waals surface area contributed by atoms with Gasteiger partial charge >= 0.3 is 0 Å². The molecule has 4 rings (SSSR count). The molecule has 1 aromatic heterocycles. The van der Waals surface area contributed by atoms with E-state index < -0.39 is 23.5 Å². The maximum absolute atomic E-state index is 14.8. The summed E-state index contributed by atoms with van der Waals surface area (Å²) < 4.78 is 20.4.